The lowest BCUT2D eigenvalue weighted by Crippen LogP contribution is -2.55. The third-order valence-corrected chi connectivity index (χ3v) is 2.63. The Kier molecular flexibility index (Phi) is 4.24. The number of aromatic nitrogens is 3. The highest BCUT2D eigenvalue weighted by molar-refractivity contribution is 5.85. The van der Waals surface area contributed by atoms with Crippen molar-refractivity contribution in [2.75, 3.05) is 6.54 Å². The number of nitrogens with zero attached hydrogens (tertiary/aromatic N) is 3. The molecule has 0 aromatic carbocycles. The van der Waals surface area contributed by atoms with Gasteiger partial charge < -0.3 is 15.3 Å². The lowest BCUT2D eigenvalue weighted by atomic mass is 10.0. The minimum Gasteiger partial charge on any atom is -0.480 e. The van der Waals surface area contributed by atoms with Crippen LogP contribution in [-0.4, -0.2) is 49.3 Å². The molecule has 0 bridgehead atoms. The van der Waals surface area contributed by atoms with Crippen molar-refractivity contribution in [2.24, 2.45) is 0 Å². The van der Waals surface area contributed by atoms with E-state index in [9.17, 15) is 9.59 Å². The minimum atomic E-state index is -1.26. The predicted molar refractivity (Wildman–Crippen MR) is 62.7 cm³/mol. The number of nitrogens with one attached hydrogen (secondary N) is 2. The van der Waals surface area contributed by atoms with Crippen molar-refractivity contribution in [2.45, 2.75) is 32.9 Å². The molecular weight excluding hydrogens is 238 g/mol. The number of amides is 2. The van der Waals surface area contributed by atoms with Gasteiger partial charge in [0.15, 0.2) is 0 Å². The summed E-state index contributed by atoms with van der Waals surface area (Å²) < 4.78 is 0. The molecule has 0 fully saturated rings. The van der Waals surface area contributed by atoms with Crippen LogP contribution in [0.25, 0.3) is 0 Å². The molecule has 0 radical (unpaired) electrons. The first kappa shape index (κ1) is 13.9. The molecule has 8 heteroatoms. The van der Waals surface area contributed by atoms with Gasteiger partial charge in [0, 0.05) is 6.54 Å². The van der Waals surface area contributed by atoms with Crippen LogP contribution in [0, 0.1) is 0 Å². The van der Waals surface area contributed by atoms with Gasteiger partial charge in [-0.3, -0.25) is 5.10 Å². The van der Waals surface area contributed by atoms with Gasteiger partial charge >= 0.3 is 12.0 Å². The average molecular weight is 255 g/mol. The first-order valence-electron chi connectivity index (χ1n) is 5.52. The molecule has 0 atom stereocenters. The van der Waals surface area contributed by atoms with Crippen LogP contribution in [0.3, 0.4) is 0 Å². The fourth-order valence-electron chi connectivity index (χ4n) is 1.48. The van der Waals surface area contributed by atoms with Crippen LogP contribution < -0.4 is 5.32 Å². The number of hydrogen-bond acceptors (Lipinski definition) is 4. The lowest BCUT2D eigenvalue weighted by Gasteiger charge is -2.34. The number of aromatic amines is 1. The van der Waals surface area contributed by atoms with Crippen LogP contribution in [0.15, 0.2) is 6.33 Å². The molecule has 1 aromatic rings. The summed E-state index contributed by atoms with van der Waals surface area (Å²) >= 11 is 0. The zero-order chi connectivity index (χ0) is 13.8. The molecule has 0 aliphatic rings. The molecule has 8 nitrogen and oxygen atoms in total. The largest absolute Gasteiger partial charge is 0.480 e. The number of carboxylic acid groups (broad SMARTS) is 1. The number of H-pyrrole nitrogens is 1. The quantitative estimate of drug-likeness (QED) is 0.696. The van der Waals surface area contributed by atoms with E-state index in [1.165, 1.54) is 25.1 Å². The van der Waals surface area contributed by atoms with Crippen molar-refractivity contribution < 1.29 is 14.7 Å². The second-order valence-corrected chi connectivity index (χ2v) is 4.20. The first-order chi connectivity index (χ1) is 8.39. The van der Waals surface area contributed by atoms with E-state index in [2.05, 4.69) is 20.5 Å². The summed E-state index contributed by atoms with van der Waals surface area (Å²) in [6, 6.07) is -0.457. The molecule has 0 aliphatic carbocycles. The topological polar surface area (TPSA) is 111 Å². The average Bonchev–Trinajstić information content (AvgIpc) is 2.79. The number of aliphatic carboxylic acids is 1. The summed E-state index contributed by atoms with van der Waals surface area (Å²) in [7, 11) is 0. The molecule has 0 unspecified atom stereocenters. The van der Waals surface area contributed by atoms with E-state index in [1.807, 2.05) is 0 Å². The van der Waals surface area contributed by atoms with Gasteiger partial charge in [-0.15, -0.1) is 0 Å². The van der Waals surface area contributed by atoms with Crippen molar-refractivity contribution in [3.8, 4) is 0 Å². The van der Waals surface area contributed by atoms with Gasteiger partial charge in [0.05, 0.1) is 6.54 Å². The van der Waals surface area contributed by atoms with Gasteiger partial charge in [-0.25, -0.2) is 14.6 Å². The normalized spacial score (nSPS) is 11.1. The van der Waals surface area contributed by atoms with Gasteiger partial charge in [0.1, 0.15) is 17.7 Å². The highest BCUT2D eigenvalue weighted by Crippen LogP contribution is 2.14. The van der Waals surface area contributed by atoms with E-state index >= 15 is 0 Å². The molecule has 3 N–H and O–H groups in total. The Labute approximate surface area is 104 Å². The van der Waals surface area contributed by atoms with E-state index in [1.54, 1.807) is 6.92 Å². The number of urea groups is 1. The molecule has 1 aromatic heterocycles. The maximum Gasteiger partial charge on any atom is 0.329 e. The summed E-state index contributed by atoms with van der Waals surface area (Å²) in [5.41, 5.74) is -1.26. The molecular formula is C10H17N5O3. The monoisotopic (exact) mass is 255 g/mol. The van der Waals surface area contributed by atoms with Crippen LogP contribution in [-0.2, 0) is 11.3 Å². The molecule has 0 spiro atoms. The number of carbonyl (C=O) groups is 2. The Hall–Kier alpha value is -2.12. The summed E-state index contributed by atoms with van der Waals surface area (Å²) in [4.78, 5) is 28.1. The highest BCUT2D eigenvalue weighted by Gasteiger charge is 2.36. The number of likely N-dealkylation sites (N-methyl/N-ethyl adjacent to an activating group) is 1. The molecule has 2 amide bonds. The standard InChI is InChI=1S/C10H17N5O3/c1-4-15(10(2,3)8(16)17)9(18)11-5-7-12-6-13-14-7/h6H,4-5H2,1-3H3,(H,11,18)(H,16,17)(H,12,13,14). The van der Waals surface area contributed by atoms with E-state index in [0.717, 1.165) is 0 Å². The van der Waals surface area contributed by atoms with E-state index in [0.29, 0.717) is 12.4 Å². The third kappa shape index (κ3) is 2.96. The second kappa shape index (κ2) is 5.48. The van der Waals surface area contributed by atoms with Crippen molar-refractivity contribution in [1.82, 2.24) is 25.4 Å². The Balaban J connectivity index is 2.65. The summed E-state index contributed by atoms with van der Waals surface area (Å²) in [5.74, 6) is -0.549. The Morgan fingerprint density at radius 3 is 2.67 bits per heavy atom. The number of rotatable bonds is 5. The van der Waals surface area contributed by atoms with Gasteiger partial charge in [0.2, 0.25) is 0 Å². The summed E-state index contributed by atoms with van der Waals surface area (Å²) in [6.45, 7) is 5.14. The molecule has 1 rings (SSSR count). The Morgan fingerprint density at radius 2 is 2.22 bits per heavy atom. The molecule has 0 saturated carbocycles. The third-order valence-electron chi connectivity index (χ3n) is 2.63. The van der Waals surface area contributed by atoms with Gasteiger partial charge in [-0.2, -0.15) is 5.10 Å². The van der Waals surface area contributed by atoms with E-state index in [4.69, 9.17) is 5.11 Å². The smallest absolute Gasteiger partial charge is 0.329 e. The lowest BCUT2D eigenvalue weighted by molar-refractivity contribution is -0.147. The fraction of sp³-hybridized carbons (Fsp3) is 0.600. The second-order valence-electron chi connectivity index (χ2n) is 4.20. The van der Waals surface area contributed by atoms with E-state index in [-0.39, 0.29) is 6.54 Å². The van der Waals surface area contributed by atoms with Crippen molar-refractivity contribution >= 4 is 12.0 Å². The fourth-order valence-corrected chi connectivity index (χ4v) is 1.48. The molecule has 0 aliphatic heterocycles. The van der Waals surface area contributed by atoms with Crippen LogP contribution in [0.5, 0.6) is 0 Å². The number of carboxylic acids is 1. The van der Waals surface area contributed by atoms with Crippen molar-refractivity contribution in [3.63, 3.8) is 0 Å². The minimum absolute atomic E-state index is 0.172. The van der Waals surface area contributed by atoms with Crippen LogP contribution >= 0.6 is 0 Å². The maximum absolute atomic E-state index is 11.9. The highest BCUT2D eigenvalue weighted by atomic mass is 16.4. The summed E-state index contributed by atoms with van der Waals surface area (Å²) in [6.07, 6.45) is 1.33. The van der Waals surface area contributed by atoms with Crippen LogP contribution in [0.1, 0.15) is 26.6 Å². The predicted octanol–water partition coefficient (Wildman–Crippen LogP) is 0.199. The van der Waals surface area contributed by atoms with Crippen LogP contribution in [0.2, 0.25) is 0 Å². The number of hydrogen-bond donors (Lipinski definition) is 3. The van der Waals surface area contributed by atoms with Crippen LogP contribution in [0.4, 0.5) is 4.79 Å². The Bertz CT molecular complexity index is 415. The maximum atomic E-state index is 11.9. The number of carbonyl (C=O) groups excluding carboxylic acids is 1. The Morgan fingerprint density at radius 1 is 1.56 bits per heavy atom. The summed E-state index contributed by atoms with van der Waals surface area (Å²) in [5, 5.41) is 17.9. The van der Waals surface area contributed by atoms with Crippen molar-refractivity contribution in [1.29, 1.82) is 0 Å². The molecule has 18 heavy (non-hydrogen) atoms. The molecule has 1 heterocycles. The first-order valence-corrected chi connectivity index (χ1v) is 5.52. The molecule has 100 valence electrons. The van der Waals surface area contributed by atoms with Crippen molar-refractivity contribution in [3.05, 3.63) is 12.2 Å². The van der Waals surface area contributed by atoms with Gasteiger partial charge in [-0.1, -0.05) is 0 Å². The SMILES string of the molecule is CCN(C(=O)NCc1ncn[nH]1)C(C)(C)C(=O)O. The molecule has 0 saturated heterocycles. The van der Waals surface area contributed by atoms with Gasteiger partial charge in [-0.05, 0) is 20.8 Å². The van der Waals surface area contributed by atoms with Gasteiger partial charge in [0.25, 0.3) is 0 Å². The van der Waals surface area contributed by atoms with E-state index < -0.39 is 17.5 Å². The zero-order valence-electron chi connectivity index (χ0n) is 10.6. The zero-order valence-corrected chi connectivity index (χ0v) is 10.6.